The number of carbonyl (C=O) groups excluding carboxylic acids is 1. The van der Waals surface area contributed by atoms with E-state index >= 15 is 0 Å². The summed E-state index contributed by atoms with van der Waals surface area (Å²) in [5.41, 5.74) is 1.58. The van der Waals surface area contributed by atoms with Crippen molar-refractivity contribution in [2.45, 2.75) is 19.4 Å². The van der Waals surface area contributed by atoms with Gasteiger partial charge in [-0.3, -0.25) is 4.79 Å². The molecule has 1 aliphatic heterocycles. The summed E-state index contributed by atoms with van der Waals surface area (Å²) in [6, 6.07) is 10.0. The molecule has 1 aliphatic rings. The number of amides is 1. The Hall–Kier alpha value is -1.92. The Labute approximate surface area is 148 Å². The zero-order chi connectivity index (χ0) is 16.1. The van der Waals surface area contributed by atoms with E-state index in [2.05, 4.69) is 15.6 Å². The second kappa shape index (κ2) is 8.80. The number of benzene rings is 1. The first-order valence-electron chi connectivity index (χ1n) is 8.14. The Balaban J connectivity index is 0.00000208. The minimum absolute atomic E-state index is 0. The van der Waals surface area contributed by atoms with Gasteiger partial charge in [-0.2, -0.15) is 0 Å². The summed E-state index contributed by atoms with van der Waals surface area (Å²) in [6.45, 7) is 3.26. The summed E-state index contributed by atoms with van der Waals surface area (Å²) in [5, 5.41) is 11.3. The van der Waals surface area contributed by atoms with Crippen LogP contribution in [0.15, 0.2) is 36.5 Å². The normalized spacial score (nSPS) is 15.1. The van der Waals surface area contributed by atoms with Crippen LogP contribution < -0.4 is 5.32 Å². The molecular weight excluding hydrogens is 326 g/mol. The van der Waals surface area contributed by atoms with Crippen LogP contribution in [0.3, 0.4) is 0 Å². The first-order valence-corrected chi connectivity index (χ1v) is 8.14. The zero-order valence-corrected chi connectivity index (χ0v) is 14.7. The van der Waals surface area contributed by atoms with E-state index in [1.807, 2.05) is 42.3 Å². The standard InChI is InChI=1S/C17H23N5O.ClH/c1-18-11-14-7-9-21(10-8-14)17(23)16-13-22(20-19-16)12-15-5-3-2-4-6-15;/h2-6,13-14,18H,7-12H2,1H3;1H. The molecule has 6 nitrogen and oxygen atoms in total. The maximum Gasteiger partial charge on any atom is 0.276 e. The summed E-state index contributed by atoms with van der Waals surface area (Å²) in [4.78, 5) is 14.4. The van der Waals surface area contributed by atoms with Crippen molar-refractivity contribution in [2.75, 3.05) is 26.7 Å². The highest BCUT2D eigenvalue weighted by atomic mass is 35.5. The van der Waals surface area contributed by atoms with Crippen LogP contribution in [-0.4, -0.2) is 52.5 Å². The van der Waals surface area contributed by atoms with E-state index in [0.29, 0.717) is 18.2 Å². The Morgan fingerprint density at radius 3 is 2.62 bits per heavy atom. The molecule has 1 N–H and O–H groups in total. The molecule has 24 heavy (non-hydrogen) atoms. The predicted octanol–water partition coefficient (Wildman–Crippen LogP) is 1.82. The van der Waals surface area contributed by atoms with Gasteiger partial charge in [-0.25, -0.2) is 4.68 Å². The van der Waals surface area contributed by atoms with Crippen molar-refractivity contribution in [2.24, 2.45) is 5.92 Å². The van der Waals surface area contributed by atoms with Crippen LogP contribution in [0.2, 0.25) is 0 Å². The highest BCUT2D eigenvalue weighted by Crippen LogP contribution is 2.17. The molecule has 3 rings (SSSR count). The Kier molecular flexibility index (Phi) is 6.75. The Morgan fingerprint density at radius 1 is 1.25 bits per heavy atom. The van der Waals surface area contributed by atoms with E-state index in [9.17, 15) is 4.79 Å². The number of nitrogens with one attached hydrogen (secondary N) is 1. The molecule has 0 atom stereocenters. The third-order valence-electron chi connectivity index (χ3n) is 4.34. The fourth-order valence-corrected chi connectivity index (χ4v) is 3.04. The summed E-state index contributed by atoms with van der Waals surface area (Å²) in [5.74, 6) is 0.657. The molecule has 1 saturated heterocycles. The van der Waals surface area contributed by atoms with Gasteiger partial charge >= 0.3 is 0 Å². The van der Waals surface area contributed by atoms with E-state index in [1.165, 1.54) is 0 Å². The van der Waals surface area contributed by atoms with Crippen LogP contribution in [0.4, 0.5) is 0 Å². The fraction of sp³-hybridized carbons (Fsp3) is 0.471. The number of aromatic nitrogens is 3. The molecule has 1 amide bonds. The second-order valence-corrected chi connectivity index (χ2v) is 6.08. The smallest absolute Gasteiger partial charge is 0.276 e. The lowest BCUT2D eigenvalue weighted by Crippen LogP contribution is -2.40. The van der Waals surface area contributed by atoms with Gasteiger partial charge in [-0.15, -0.1) is 17.5 Å². The van der Waals surface area contributed by atoms with Gasteiger partial charge in [0.15, 0.2) is 5.69 Å². The topological polar surface area (TPSA) is 63.1 Å². The van der Waals surface area contributed by atoms with Crippen molar-refractivity contribution in [1.29, 1.82) is 0 Å². The predicted molar refractivity (Wildman–Crippen MR) is 95.4 cm³/mol. The van der Waals surface area contributed by atoms with E-state index in [-0.39, 0.29) is 18.3 Å². The zero-order valence-electron chi connectivity index (χ0n) is 13.9. The highest BCUT2D eigenvalue weighted by molar-refractivity contribution is 5.92. The van der Waals surface area contributed by atoms with E-state index in [0.717, 1.165) is 38.0 Å². The third kappa shape index (κ3) is 4.55. The van der Waals surface area contributed by atoms with Gasteiger partial charge in [0, 0.05) is 13.1 Å². The number of rotatable bonds is 5. The number of piperidine rings is 1. The third-order valence-corrected chi connectivity index (χ3v) is 4.34. The summed E-state index contributed by atoms with van der Waals surface area (Å²) < 4.78 is 1.72. The quantitative estimate of drug-likeness (QED) is 0.894. The molecule has 7 heteroatoms. The fourth-order valence-electron chi connectivity index (χ4n) is 3.04. The molecule has 0 bridgehead atoms. The second-order valence-electron chi connectivity index (χ2n) is 6.08. The minimum Gasteiger partial charge on any atom is -0.337 e. The Bertz CT molecular complexity index is 637. The highest BCUT2D eigenvalue weighted by Gasteiger charge is 2.24. The van der Waals surface area contributed by atoms with Crippen LogP contribution in [0.1, 0.15) is 28.9 Å². The average molecular weight is 350 g/mol. The van der Waals surface area contributed by atoms with E-state index < -0.39 is 0 Å². The molecule has 0 aliphatic carbocycles. The van der Waals surface area contributed by atoms with Crippen molar-refractivity contribution in [1.82, 2.24) is 25.2 Å². The lowest BCUT2D eigenvalue weighted by Gasteiger charge is -2.31. The molecule has 130 valence electrons. The van der Waals surface area contributed by atoms with Gasteiger partial charge in [-0.1, -0.05) is 35.5 Å². The number of halogens is 1. The van der Waals surface area contributed by atoms with Gasteiger partial charge in [0.2, 0.25) is 0 Å². The van der Waals surface area contributed by atoms with Gasteiger partial charge in [0.05, 0.1) is 12.7 Å². The largest absolute Gasteiger partial charge is 0.337 e. The molecule has 0 spiro atoms. The van der Waals surface area contributed by atoms with Crippen molar-refractivity contribution in [3.05, 3.63) is 47.8 Å². The molecule has 2 aromatic rings. The van der Waals surface area contributed by atoms with Crippen molar-refractivity contribution < 1.29 is 4.79 Å². The number of hydrogen-bond acceptors (Lipinski definition) is 4. The van der Waals surface area contributed by atoms with E-state index in [4.69, 9.17) is 0 Å². The number of nitrogens with zero attached hydrogens (tertiary/aromatic N) is 4. The lowest BCUT2D eigenvalue weighted by atomic mass is 9.97. The summed E-state index contributed by atoms with van der Waals surface area (Å²) in [7, 11) is 1.97. The SMILES string of the molecule is CNCC1CCN(C(=O)c2cn(Cc3ccccc3)nn2)CC1.Cl. The van der Waals surface area contributed by atoms with Gasteiger partial charge < -0.3 is 10.2 Å². The molecule has 0 radical (unpaired) electrons. The number of carbonyl (C=O) groups is 1. The average Bonchev–Trinajstić information content (AvgIpc) is 3.05. The first kappa shape index (κ1) is 18.4. The van der Waals surface area contributed by atoms with Crippen LogP contribution in [0.5, 0.6) is 0 Å². The van der Waals surface area contributed by atoms with Crippen LogP contribution in [0.25, 0.3) is 0 Å². The number of hydrogen-bond donors (Lipinski definition) is 1. The first-order chi connectivity index (χ1) is 11.3. The monoisotopic (exact) mass is 349 g/mol. The summed E-state index contributed by atoms with van der Waals surface area (Å²) in [6.07, 6.45) is 3.84. The van der Waals surface area contributed by atoms with Crippen molar-refractivity contribution in [3.8, 4) is 0 Å². The van der Waals surface area contributed by atoms with Gasteiger partial charge in [0.25, 0.3) is 5.91 Å². The van der Waals surface area contributed by atoms with Crippen molar-refractivity contribution in [3.63, 3.8) is 0 Å². The van der Waals surface area contributed by atoms with Gasteiger partial charge in [0.1, 0.15) is 0 Å². The molecule has 1 fully saturated rings. The molecule has 1 aromatic carbocycles. The van der Waals surface area contributed by atoms with E-state index in [1.54, 1.807) is 10.9 Å². The van der Waals surface area contributed by atoms with Crippen LogP contribution >= 0.6 is 12.4 Å². The van der Waals surface area contributed by atoms with Crippen LogP contribution in [0, 0.1) is 5.92 Å². The number of likely N-dealkylation sites (tertiary alicyclic amines) is 1. The van der Waals surface area contributed by atoms with Crippen molar-refractivity contribution >= 4 is 18.3 Å². The van der Waals surface area contributed by atoms with Crippen LogP contribution in [-0.2, 0) is 6.54 Å². The summed E-state index contributed by atoms with van der Waals surface area (Å²) >= 11 is 0. The molecular formula is C17H24ClN5O. The molecule has 0 saturated carbocycles. The maximum atomic E-state index is 12.5. The van der Waals surface area contributed by atoms with Gasteiger partial charge in [-0.05, 0) is 37.9 Å². The Morgan fingerprint density at radius 2 is 1.96 bits per heavy atom. The molecule has 1 aromatic heterocycles. The maximum absolute atomic E-state index is 12.5. The lowest BCUT2D eigenvalue weighted by molar-refractivity contribution is 0.0685. The molecule has 0 unspecified atom stereocenters. The molecule has 2 heterocycles. The minimum atomic E-state index is -0.00720.